The Morgan fingerprint density at radius 1 is 1.32 bits per heavy atom. The third-order valence-corrected chi connectivity index (χ3v) is 4.13. The number of hydrogen-bond donors (Lipinski definition) is 3. The first-order chi connectivity index (χ1) is 12.0. The average Bonchev–Trinajstić information content (AvgIpc) is 3.04. The van der Waals surface area contributed by atoms with Gasteiger partial charge in [0.1, 0.15) is 0 Å². The first-order valence-corrected chi connectivity index (χ1v) is 8.13. The van der Waals surface area contributed by atoms with E-state index in [1.165, 1.54) is 0 Å². The van der Waals surface area contributed by atoms with Crippen molar-refractivity contribution >= 4 is 23.6 Å². The molecule has 1 unspecified atom stereocenters. The SMILES string of the molecule is CCOC(=O)C1=C(C)NC(=O)NC1c1cn[nH]c1-c1ccc(Cl)cc1. The van der Waals surface area contributed by atoms with Gasteiger partial charge in [-0.3, -0.25) is 5.10 Å². The molecule has 0 spiro atoms. The van der Waals surface area contributed by atoms with Crippen LogP contribution >= 0.6 is 11.6 Å². The van der Waals surface area contributed by atoms with Crippen LogP contribution in [0.15, 0.2) is 41.7 Å². The maximum absolute atomic E-state index is 12.4. The van der Waals surface area contributed by atoms with Crippen LogP contribution in [0.2, 0.25) is 5.02 Å². The molecule has 0 radical (unpaired) electrons. The summed E-state index contributed by atoms with van der Waals surface area (Å²) in [5, 5.41) is 13.0. The molecule has 2 heterocycles. The number of aromatic nitrogens is 2. The van der Waals surface area contributed by atoms with Crippen molar-refractivity contribution in [2.75, 3.05) is 6.61 Å². The number of hydrogen-bond acceptors (Lipinski definition) is 4. The maximum atomic E-state index is 12.4. The Hall–Kier alpha value is -2.80. The Kier molecular flexibility index (Phi) is 4.76. The summed E-state index contributed by atoms with van der Waals surface area (Å²) in [5.74, 6) is -0.485. The molecule has 3 N–H and O–H groups in total. The van der Waals surface area contributed by atoms with E-state index in [-0.39, 0.29) is 12.6 Å². The second kappa shape index (κ2) is 6.98. The summed E-state index contributed by atoms with van der Waals surface area (Å²) in [6.45, 7) is 3.64. The molecule has 2 aromatic rings. The molecule has 3 rings (SSSR count). The number of carbonyl (C=O) groups is 2. The Morgan fingerprint density at radius 3 is 2.72 bits per heavy atom. The standard InChI is InChI=1S/C17H17ClN4O3/c1-3-25-16(23)13-9(2)20-17(24)21-15(13)12-8-19-22-14(12)10-4-6-11(18)7-5-10/h4-8,15H,3H2,1-2H3,(H,19,22)(H2,20,21,24). The number of aromatic amines is 1. The number of urea groups is 1. The van der Waals surface area contributed by atoms with Crippen molar-refractivity contribution in [3.05, 3.63) is 52.3 Å². The minimum Gasteiger partial charge on any atom is -0.463 e. The summed E-state index contributed by atoms with van der Waals surface area (Å²) in [6, 6.07) is 6.13. The summed E-state index contributed by atoms with van der Waals surface area (Å²) < 4.78 is 5.14. The molecule has 0 fully saturated rings. The average molecular weight is 361 g/mol. The summed E-state index contributed by atoms with van der Waals surface area (Å²) in [4.78, 5) is 24.3. The smallest absolute Gasteiger partial charge is 0.338 e. The zero-order valence-corrected chi connectivity index (χ0v) is 14.5. The van der Waals surface area contributed by atoms with Crippen LogP contribution in [0.1, 0.15) is 25.5 Å². The van der Waals surface area contributed by atoms with E-state index in [9.17, 15) is 9.59 Å². The fraction of sp³-hybridized carbons (Fsp3) is 0.235. The molecule has 2 amide bonds. The van der Waals surface area contributed by atoms with Gasteiger partial charge < -0.3 is 15.4 Å². The first-order valence-electron chi connectivity index (χ1n) is 7.76. The van der Waals surface area contributed by atoms with Crippen molar-refractivity contribution in [2.24, 2.45) is 0 Å². The lowest BCUT2D eigenvalue weighted by molar-refractivity contribution is -0.139. The molecule has 0 saturated heterocycles. The number of allylic oxidation sites excluding steroid dienone is 1. The van der Waals surface area contributed by atoms with Gasteiger partial charge in [-0.15, -0.1) is 0 Å². The molecule has 8 heteroatoms. The second-order valence-corrected chi connectivity index (χ2v) is 5.93. The largest absolute Gasteiger partial charge is 0.463 e. The predicted molar refractivity (Wildman–Crippen MR) is 92.8 cm³/mol. The number of ether oxygens (including phenoxy) is 1. The highest BCUT2D eigenvalue weighted by molar-refractivity contribution is 6.30. The van der Waals surface area contributed by atoms with Gasteiger partial charge in [-0.2, -0.15) is 5.10 Å². The quantitative estimate of drug-likeness (QED) is 0.730. The molecule has 0 aliphatic carbocycles. The number of esters is 1. The lowest BCUT2D eigenvalue weighted by Gasteiger charge is -2.27. The van der Waals surface area contributed by atoms with E-state index in [1.807, 2.05) is 12.1 Å². The zero-order valence-electron chi connectivity index (χ0n) is 13.7. The fourth-order valence-electron chi connectivity index (χ4n) is 2.77. The molecule has 0 bridgehead atoms. The van der Waals surface area contributed by atoms with Gasteiger partial charge in [0.25, 0.3) is 0 Å². The van der Waals surface area contributed by atoms with Crippen molar-refractivity contribution in [1.29, 1.82) is 0 Å². The molecule has 1 aromatic heterocycles. The van der Waals surface area contributed by atoms with Crippen molar-refractivity contribution in [2.45, 2.75) is 19.9 Å². The van der Waals surface area contributed by atoms with Gasteiger partial charge in [-0.05, 0) is 31.5 Å². The van der Waals surface area contributed by atoms with Crippen LogP contribution in [0.25, 0.3) is 11.3 Å². The summed E-state index contributed by atoms with van der Waals surface area (Å²) in [6.07, 6.45) is 1.59. The fourth-order valence-corrected chi connectivity index (χ4v) is 2.89. The first kappa shape index (κ1) is 17.0. The van der Waals surface area contributed by atoms with E-state index in [4.69, 9.17) is 16.3 Å². The van der Waals surface area contributed by atoms with E-state index < -0.39 is 12.0 Å². The number of benzene rings is 1. The molecule has 1 atom stereocenters. The highest BCUT2D eigenvalue weighted by Gasteiger charge is 2.34. The van der Waals surface area contributed by atoms with E-state index >= 15 is 0 Å². The van der Waals surface area contributed by atoms with Crippen LogP contribution in [0.4, 0.5) is 4.79 Å². The molecular weight excluding hydrogens is 344 g/mol. The van der Waals surface area contributed by atoms with E-state index in [0.29, 0.717) is 27.6 Å². The van der Waals surface area contributed by atoms with Crippen molar-refractivity contribution in [3.8, 4) is 11.3 Å². The third-order valence-electron chi connectivity index (χ3n) is 3.88. The lowest BCUT2D eigenvalue weighted by Crippen LogP contribution is -2.45. The number of nitrogens with zero attached hydrogens (tertiary/aromatic N) is 1. The van der Waals surface area contributed by atoms with Gasteiger partial charge in [-0.1, -0.05) is 23.7 Å². The molecule has 1 aliphatic rings. The number of rotatable bonds is 4. The number of carbonyl (C=O) groups excluding carboxylic acids is 2. The Bertz CT molecular complexity index is 842. The van der Waals surface area contributed by atoms with Gasteiger partial charge in [0.2, 0.25) is 0 Å². The lowest BCUT2D eigenvalue weighted by atomic mass is 9.94. The van der Waals surface area contributed by atoms with Crippen LogP contribution in [0, 0.1) is 0 Å². The second-order valence-electron chi connectivity index (χ2n) is 5.50. The minimum atomic E-state index is -0.669. The number of nitrogens with one attached hydrogen (secondary N) is 3. The van der Waals surface area contributed by atoms with Crippen LogP contribution in [0.3, 0.4) is 0 Å². The van der Waals surface area contributed by atoms with Crippen molar-refractivity contribution in [3.63, 3.8) is 0 Å². The van der Waals surface area contributed by atoms with Gasteiger partial charge in [0.05, 0.1) is 30.1 Å². The van der Waals surface area contributed by atoms with Crippen molar-refractivity contribution in [1.82, 2.24) is 20.8 Å². The zero-order chi connectivity index (χ0) is 18.0. The predicted octanol–water partition coefficient (Wildman–Crippen LogP) is 2.92. The minimum absolute atomic E-state index is 0.242. The normalized spacial score (nSPS) is 17.1. The van der Waals surface area contributed by atoms with Crippen LogP contribution in [-0.2, 0) is 9.53 Å². The third kappa shape index (κ3) is 3.36. The van der Waals surface area contributed by atoms with E-state index in [2.05, 4.69) is 20.8 Å². The number of halogens is 1. The molecule has 25 heavy (non-hydrogen) atoms. The van der Waals surface area contributed by atoms with Crippen LogP contribution in [-0.4, -0.2) is 28.8 Å². The Morgan fingerprint density at radius 2 is 2.04 bits per heavy atom. The van der Waals surface area contributed by atoms with Gasteiger partial charge >= 0.3 is 12.0 Å². The van der Waals surface area contributed by atoms with Gasteiger partial charge in [-0.25, -0.2) is 9.59 Å². The van der Waals surface area contributed by atoms with Crippen LogP contribution in [0.5, 0.6) is 0 Å². The topological polar surface area (TPSA) is 96.1 Å². The molecule has 1 aromatic carbocycles. The van der Waals surface area contributed by atoms with Gasteiger partial charge in [0.15, 0.2) is 0 Å². The van der Waals surface area contributed by atoms with E-state index in [0.717, 1.165) is 5.56 Å². The molecule has 1 aliphatic heterocycles. The molecule has 0 saturated carbocycles. The Balaban J connectivity index is 2.06. The summed E-state index contributed by atoms with van der Waals surface area (Å²) in [7, 11) is 0. The van der Waals surface area contributed by atoms with E-state index in [1.54, 1.807) is 32.2 Å². The summed E-state index contributed by atoms with van der Waals surface area (Å²) >= 11 is 5.94. The van der Waals surface area contributed by atoms with Crippen molar-refractivity contribution < 1.29 is 14.3 Å². The molecule has 7 nitrogen and oxygen atoms in total. The summed E-state index contributed by atoms with van der Waals surface area (Å²) in [5.41, 5.74) is 3.00. The number of amides is 2. The van der Waals surface area contributed by atoms with Crippen LogP contribution < -0.4 is 10.6 Å². The monoisotopic (exact) mass is 360 g/mol. The number of H-pyrrole nitrogens is 1. The molecular formula is C17H17ClN4O3. The highest BCUT2D eigenvalue weighted by Crippen LogP contribution is 2.33. The highest BCUT2D eigenvalue weighted by atomic mass is 35.5. The maximum Gasteiger partial charge on any atom is 0.338 e. The molecule has 130 valence electrons. The van der Waals surface area contributed by atoms with Gasteiger partial charge in [0, 0.05) is 16.3 Å². The Labute approximate surface area is 149 Å².